The zero-order valence-electron chi connectivity index (χ0n) is 21.6. The Hall–Kier alpha value is -3.81. The molecule has 0 bridgehead atoms. The Kier molecular flexibility index (Phi) is 7.40. The van der Waals surface area contributed by atoms with Gasteiger partial charge in [-0.1, -0.05) is 41.9 Å². The molecule has 2 N–H and O–H groups in total. The summed E-state index contributed by atoms with van der Waals surface area (Å²) >= 11 is 6.42. The molecule has 1 aliphatic rings. The van der Waals surface area contributed by atoms with Gasteiger partial charge in [-0.2, -0.15) is 5.10 Å². The Balaban J connectivity index is 1.56. The SMILES string of the molecule is Cc1cc(O)c(-c2n[nH]c3c2C(c2cccc(Oc4ccccc4)c2)N(CCCOC(C)C)C3=O)cc1Cl. The van der Waals surface area contributed by atoms with E-state index >= 15 is 0 Å². The molecule has 4 aromatic rings. The monoisotopic (exact) mass is 531 g/mol. The highest BCUT2D eigenvalue weighted by atomic mass is 35.5. The van der Waals surface area contributed by atoms with Crippen molar-refractivity contribution in [1.82, 2.24) is 15.1 Å². The van der Waals surface area contributed by atoms with Gasteiger partial charge in [0.2, 0.25) is 0 Å². The number of H-pyrrole nitrogens is 1. The molecule has 0 aliphatic carbocycles. The second kappa shape index (κ2) is 10.9. The maximum Gasteiger partial charge on any atom is 0.273 e. The number of aromatic amines is 1. The minimum absolute atomic E-state index is 0.0531. The van der Waals surface area contributed by atoms with Crippen LogP contribution in [0.3, 0.4) is 0 Å². The van der Waals surface area contributed by atoms with Crippen LogP contribution in [0.15, 0.2) is 66.7 Å². The summed E-state index contributed by atoms with van der Waals surface area (Å²) in [5.74, 6) is 1.28. The first kappa shape index (κ1) is 25.8. The van der Waals surface area contributed by atoms with Crippen molar-refractivity contribution in [3.8, 4) is 28.5 Å². The van der Waals surface area contributed by atoms with Gasteiger partial charge in [-0.15, -0.1) is 0 Å². The maximum absolute atomic E-state index is 13.6. The van der Waals surface area contributed by atoms with E-state index in [1.54, 1.807) is 12.1 Å². The number of hydrogen-bond donors (Lipinski definition) is 2. The third-order valence-corrected chi connectivity index (χ3v) is 6.95. The van der Waals surface area contributed by atoms with Crippen molar-refractivity contribution in [3.63, 3.8) is 0 Å². The zero-order chi connectivity index (χ0) is 26.8. The van der Waals surface area contributed by atoms with E-state index < -0.39 is 6.04 Å². The van der Waals surface area contributed by atoms with Crippen LogP contribution < -0.4 is 4.74 Å². The van der Waals surface area contributed by atoms with Gasteiger partial charge in [-0.25, -0.2) is 0 Å². The Labute approximate surface area is 227 Å². The number of aryl methyl sites for hydroxylation is 1. The predicted octanol–water partition coefficient (Wildman–Crippen LogP) is 6.90. The van der Waals surface area contributed by atoms with Crippen molar-refractivity contribution >= 4 is 17.5 Å². The van der Waals surface area contributed by atoms with Crippen molar-refractivity contribution in [2.75, 3.05) is 13.2 Å². The van der Waals surface area contributed by atoms with E-state index in [4.69, 9.17) is 21.1 Å². The van der Waals surface area contributed by atoms with E-state index in [0.29, 0.717) is 52.9 Å². The fourth-order valence-electron chi connectivity index (χ4n) is 4.76. The number of halogens is 1. The number of ether oxygens (including phenoxy) is 2. The number of aromatic hydroxyl groups is 1. The zero-order valence-corrected chi connectivity index (χ0v) is 22.3. The normalized spacial score (nSPS) is 14.8. The van der Waals surface area contributed by atoms with E-state index in [2.05, 4.69) is 10.2 Å². The highest BCUT2D eigenvalue weighted by molar-refractivity contribution is 6.31. The molecular formula is C30H30ClN3O4. The van der Waals surface area contributed by atoms with Crippen LogP contribution in [0.5, 0.6) is 17.2 Å². The smallest absolute Gasteiger partial charge is 0.273 e. The van der Waals surface area contributed by atoms with Crippen molar-refractivity contribution in [2.45, 2.75) is 39.3 Å². The molecule has 0 saturated carbocycles. The van der Waals surface area contributed by atoms with Crippen LogP contribution in [0.1, 0.15) is 53.5 Å². The number of phenols is 1. The van der Waals surface area contributed by atoms with Crippen LogP contribution in [0, 0.1) is 6.92 Å². The Morgan fingerprint density at radius 1 is 1.08 bits per heavy atom. The van der Waals surface area contributed by atoms with Crippen LogP contribution in [-0.2, 0) is 4.74 Å². The van der Waals surface area contributed by atoms with Gasteiger partial charge in [-0.05, 0) is 74.7 Å². The Morgan fingerprint density at radius 2 is 1.84 bits per heavy atom. The first-order chi connectivity index (χ1) is 18.3. The summed E-state index contributed by atoms with van der Waals surface area (Å²) in [5, 5.41) is 18.7. The van der Waals surface area contributed by atoms with Gasteiger partial charge in [0.1, 0.15) is 28.6 Å². The van der Waals surface area contributed by atoms with Gasteiger partial charge in [0.05, 0.1) is 12.1 Å². The molecule has 1 atom stereocenters. The second-order valence-corrected chi connectivity index (χ2v) is 10.0. The molecule has 8 heteroatoms. The number of phenolic OH excluding ortho intramolecular Hbond substituents is 1. The topological polar surface area (TPSA) is 87.7 Å². The Bertz CT molecular complexity index is 1450. The number of fused-ring (bicyclic) bond motifs is 1. The lowest BCUT2D eigenvalue weighted by Gasteiger charge is -2.27. The van der Waals surface area contributed by atoms with Crippen LogP contribution in [0.2, 0.25) is 5.02 Å². The van der Waals surface area contributed by atoms with Crippen molar-refractivity contribution in [2.24, 2.45) is 0 Å². The third kappa shape index (κ3) is 5.12. The average Bonchev–Trinajstić information content (AvgIpc) is 3.43. The molecule has 5 rings (SSSR count). The summed E-state index contributed by atoms with van der Waals surface area (Å²) in [5.41, 5.74) is 3.69. The van der Waals surface area contributed by atoms with E-state index in [0.717, 1.165) is 16.9 Å². The van der Waals surface area contributed by atoms with Gasteiger partial charge in [0.15, 0.2) is 0 Å². The number of hydrogen-bond acceptors (Lipinski definition) is 5. The van der Waals surface area contributed by atoms with Crippen molar-refractivity contribution < 1.29 is 19.4 Å². The Morgan fingerprint density at radius 3 is 2.61 bits per heavy atom. The number of aromatic nitrogens is 2. The summed E-state index contributed by atoms with van der Waals surface area (Å²) in [7, 11) is 0. The van der Waals surface area contributed by atoms with Crippen LogP contribution in [-0.4, -0.2) is 45.4 Å². The number of amides is 1. The van der Waals surface area contributed by atoms with E-state index in [1.807, 2.05) is 80.3 Å². The molecule has 0 radical (unpaired) electrons. The summed E-state index contributed by atoms with van der Waals surface area (Å²) in [6.45, 7) is 6.83. The maximum atomic E-state index is 13.6. The lowest BCUT2D eigenvalue weighted by atomic mass is 9.95. The quantitative estimate of drug-likeness (QED) is 0.229. The molecule has 0 fully saturated rings. The third-order valence-electron chi connectivity index (χ3n) is 6.54. The van der Waals surface area contributed by atoms with Crippen molar-refractivity contribution in [1.29, 1.82) is 0 Å². The average molecular weight is 532 g/mol. The van der Waals surface area contributed by atoms with Crippen LogP contribution in [0.4, 0.5) is 0 Å². The number of benzene rings is 3. The summed E-state index contributed by atoms with van der Waals surface area (Å²) in [6.07, 6.45) is 0.791. The fraction of sp³-hybridized carbons (Fsp3) is 0.267. The number of rotatable bonds is 9. The molecule has 0 spiro atoms. The second-order valence-electron chi connectivity index (χ2n) is 9.64. The molecule has 0 saturated heterocycles. The fourth-order valence-corrected chi connectivity index (χ4v) is 4.93. The van der Waals surface area contributed by atoms with E-state index in [9.17, 15) is 9.90 Å². The number of nitrogens with zero attached hydrogens (tertiary/aromatic N) is 2. The van der Waals surface area contributed by atoms with Gasteiger partial charge < -0.3 is 19.5 Å². The summed E-state index contributed by atoms with van der Waals surface area (Å²) in [4.78, 5) is 15.5. The summed E-state index contributed by atoms with van der Waals surface area (Å²) in [6, 6.07) is 20.1. The molecular weight excluding hydrogens is 502 g/mol. The van der Waals surface area contributed by atoms with Gasteiger partial charge in [0.25, 0.3) is 5.91 Å². The largest absolute Gasteiger partial charge is 0.507 e. The molecule has 3 aromatic carbocycles. The minimum atomic E-state index is -0.441. The van der Waals surface area contributed by atoms with Gasteiger partial charge >= 0.3 is 0 Å². The molecule has 196 valence electrons. The first-order valence-electron chi connectivity index (χ1n) is 12.7. The predicted molar refractivity (Wildman–Crippen MR) is 147 cm³/mol. The molecule has 1 aromatic heterocycles. The molecule has 1 amide bonds. The standard InChI is InChI=1S/C30H30ClN3O4/c1-18(2)37-14-8-13-34-29(20-9-7-12-22(16-20)38-21-10-5-4-6-11-21)26-27(32-33-28(26)30(34)36)23-17-24(31)19(3)15-25(23)35/h4-7,9-12,15-18,29,35H,8,13-14H2,1-3H3,(H,32,33). The van der Waals surface area contributed by atoms with Crippen LogP contribution in [0.25, 0.3) is 11.3 Å². The highest BCUT2D eigenvalue weighted by Crippen LogP contribution is 2.46. The lowest BCUT2D eigenvalue weighted by Crippen LogP contribution is -2.31. The summed E-state index contributed by atoms with van der Waals surface area (Å²) < 4.78 is 11.8. The number of carbonyl (C=O) groups excluding carboxylic acids is 1. The van der Waals surface area contributed by atoms with Crippen molar-refractivity contribution in [3.05, 3.63) is 94.1 Å². The van der Waals surface area contributed by atoms with Gasteiger partial charge in [-0.3, -0.25) is 9.89 Å². The highest BCUT2D eigenvalue weighted by Gasteiger charge is 2.42. The molecule has 1 unspecified atom stereocenters. The molecule has 1 aliphatic heterocycles. The van der Waals surface area contributed by atoms with Crippen LogP contribution >= 0.6 is 11.6 Å². The number of carbonyl (C=O) groups is 1. The molecule has 2 heterocycles. The molecule has 7 nitrogen and oxygen atoms in total. The first-order valence-corrected chi connectivity index (χ1v) is 13.0. The van der Waals surface area contributed by atoms with E-state index in [-0.39, 0.29) is 17.8 Å². The van der Waals surface area contributed by atoms with Gasteiger partial charge in [0, 0.05) is 29.3 Å². The minimum Gasteiger partial charge on any atom is -0.507 e. The number of nitrogens with one attached hydrogen (secondary N) is 1. The lowest BCUT2D eigenvalue weighted by molar-refractivity contribution is 0.0601. The molecule has 38 heavy (non-hydrogen) atoms. The number of para-hydroxylation sites is 1. The van der Waals surface area contributed by atoms with E-state index in [1.165, 1.54) is 0 Å².